The van der Waals surface area contributed by atoms with E-state index in [-0.39, 0.29) is 0 Å². The highest BCUT2D eigenvalue weighted by atomic mass is 16.5. The van der Waals surface area contributed by atoms with Gasteiger partial charge in [-0.05, 0) is 31.2 Å². The van der Waals surface area contributed by atoms with Crippen LogP contribution in [-0.4, -0.2) is 18.2 Å². The van der Waals surface area contributed by atoms with Gasteiger partial charge >= 0.3 is 0 Å². The maximum Gasteiger partial charge on any atom is 0.137 e. The summed E-state index contributed by atoms with van der Waals surface area (Å²) < 4.78 is 5.24. The number of benzene rings is 1. The van der Waals surface area contributed by atoms with E-state index in [0.717, 1.165) is 24.5 Å². The lowest BCUT2D eigenvalue weighted by molar-refractivity contribution is 0.391. The predicted octanol–water partition coefficient (Wildman–Crippen LogP) is 3.79. The van der Waals surface area contributed by atoms with Crippen LogP contribution in [0.1, 0.15) is 48.3 Å². The summed E-state index contributed by atoms with van der Waals surface area (Å²) in [5, 5.41) is 7.58. The number of hydrogen-bond donors (Lipinski definition) is 1. The van der Waals surface area contributed by atoms with E-state index >= 15 is 0 Å². The Hall–Kier alpha value is -1.61. The topological polar surface area (TPSA) is 38.1 Å². The van der Waals surface area contributed by atoms with Gasteiger partial charge in [-0.3, -0.25) is 0 Å². The molecule has 0 aliphatic carbocycles. The van der Waals surface area contributed by atoms with Crippen molar-refractivity contribution in [3.8, 4) is 0 Å². The highest BCUT2D eigenvalue weighted by Gasteiger charge is 2.16. The summed E-state index contributed by atoms with van der Waals surface area (Å²) in [6.07, 6.45) is 0. The van der Waals surface area contributed by atoms with Crippen molar-refractivity contribution in [2.45, 2.75) is 39.5 Å². The van der Waals surface area contributed by atoms with Crippen LogP contribution in [0.25, 0.3) is 0 Å². The van der Waals surface area contributed by atoms with Crippen LogP contribution < -0.4 is 5.32 Å². The smallest absolute Gasteiger partial charge is 0.137 e. The number of hydrogen-bond acceptors (Lipinski definition) is 3. The average molecular weight is 272 g/mol. The minimum absolute atomic E-state index is 0.421. The first kappa shape index (κ1) is 14.8. The van der Waals surface area contributed by atoms with Crippen LogP contribution in [0.5, 0.6) is 0 Å². The Morgan fingerprint density at radius 3 is 2.30 bits per heavy atom. The number of nitrogens with zero attached hydrogens (tertiary/aromatic N) is 1. The summed E-state index contributed by atoms with van der Waals surface area (Å²) in [5.41, 5.74) is 3.63. The third-order valence-corrected chi connectivity index (χ3v) is 3.85. The number of rotatable bonds is 6. The average Bonchev–Trinajstić information content (AvgIpc) is 2.79. The van der Waals surface area contributed by atoms with E-state index in [1.54, 1.807) is 0 Å². The zero-order valence-electron chi connectivity index (χ0n) is 12.8. The van der Waals surface area contributed by atoms with Gasteiger partial charge in [-0.1, -0.05) is 49.3 Å². The first-order valence-electron chi connectivity index (χ1n) is 7.28. The minimum Gasteiger partial charge on any atom is -0.361 e. The molecule has 108 valence electrons. The van der Waals surface area contributed by atoms with Crippen molar-refractivity contribution in [1.29, 1.82) is 0 Å². The lowest BCUT2D eigenvalue weighted by Gasteiger charge is -2.16. The van der Waals surface area contributed by atoms with E-state index < -0.39 is 0 Å². The summed E-state index contributed by atoms with van der Waals surface area (Å²) >= 11 is 0. The molecular weight excluding hydrogens is 248 g/mol. The van der Waals surface area contributed by atoms with Crippen LogP contribution in [0.3, 0.4) is 0 Å². The molecule has 3 heteroatoms. The molecule has 1 aromatic carbocycles. The van der Waals surface area contributed by atoms with E-state index in [0.29, 0.717) is 11.8 Å². The summed E-state index contributed by atoms with van der Waals surface area (Å²) in [6, 6.07) is 10.6. The third kappa shape index (κ3) is 3.48. The number of nitrogens with one attached hydrogen (secondary N) is 1. The maximum absolute atomic E-state index is 5.24. The largest absolute Gasteiger partial charge is 0.361 e. The van der Waals surface area contributed by atoms with Gasteiger partial charge < -0.3 is 9.84 Å². The summed E-state index contributed by atoms with van der Waals surface area (Å²) in [5.74, 6) is 1.88. The van der Waals surface area contributed by atoms with E-state index in [1.165, 1.54) is 11.1 Å². The SMILES string of the molecule is Cc1noc(C)c1C(C)CNCC(C)c1ccccc1. The van der Waals surface area contributed by atoms with E-state index in [4.69, 9.17) is 4.52 Å². The van der Waals surface area contributed by atoms with Crippen LogP contribution >= 0.6 is 0 Å². The Morgan fingerprint density at radius 1 is 1.05 bits per heavy atom. The molecule has 1 aromatic heterocycles. The molecule has 0 aliphatic rings. The van der Waals surface area contributed by atoms with Gasteiger partial charge in [0.05, 0.1) is 5.69 Å². The standard InChI is InChI=1S/C17H24N2O/c1-12(16-8-6-5-7-9-16)10-18-11-13(2)17-14(3)19-20-15(17)4/h5-9,12-13,18H,10-11H2,1-4H3. The molecule has 0 saturated carbocycles. The number of aromatic nitrogens is 1. The summed E-state index contributed by atoms with van der Waals surface area (Å²) in [4.78, 5) is 0. The molecule has 1 N–H and O–H groups in total. The molecule has 0 bridgehead atoms. The molecule has 0 spiro atoms. The van der Waals surface area contributed by atoms with Crippen molar-refractivity contribution < 1.29 is 4.52 Å². The van der Waals surface area contributed by atoms with E-state index in [9.17, 15) is 0 Å². The minimum atomic E-state index is 0.421. The van der Waals surface area contributed by atoms with Gasteiger partial charge in [-0.25, -0.2) is 0 Å². The quantitative estimate of drug-likeness (QED) is 0.869. The van der Waals surface area contributed by atoms with Crippen LogP contribution in [-0.2, 0) is 0 Å². The second kappa shape index (κ2) is 6.71. The van der Waals surface area contributed by atoms with E-state index in [2.05, 4.69) is 54.7 Å². The summed E-state index contributed by atoms with van der Waals surface area (Å²) in [7, 11) is 0. The first-order chi connectivity index (χ1) is 9.59. The number of aryl methyl sites for hydroxylation is 2. The molecule has 1 heterocycles. The molecular formula is C17H24N2O. The van der Waals surface area contributed by atoms with Crippen molar-refractivity contribution in [2.24, 2.45) is 0 Å². The zero-order chi connectivity index (χ0) is 14.5. The molecule has 20 heavy (non-hydrogen) atoms. The van der Waals surface area contributed by atoms with Gasteiger partial charge in [0.25, 0.3) is 0 Å². The van der Waals surface area contributed by atoms with Gasteiger partial charge in [0, 0.05) is 18.7 Å². The van der Waals surface area contributed by atoms with Gasteiger partial charge in [-0.15, -0.1) is 0 Å². The second-order valence-corrected chi connectivity index (χ2v) is 5.61. The fourth-order valence-corrected chi connectivity index (χ4v) is 2.71. The Bertz CT molecular complexity index is 514. The monoisotopic (exact) mass is 272 g/mol. The Kier molecular flexibility index (Phi) is 4.96. The Labute approximate surface area is 121 Å². The molecule has 3 nitrogen and oxygen atoms in total. The molecule has 2 atom stereocenters. The van der Waals surface area contributed by atoms with Crippen molar-refractivity contribution in [3.63, 3.8) is 0 Å². The fraction of sp³-hybridized carbons (Fsp3) is 0.471. The highest BCUT2D eigenvalue weighted by Crippen LogP contribution is 2.22. The third-order valence-electron chi connectivity index (χ3n) is 3.85. The van der Waals surface area contributed by atoms with Crippen molar-refractivity contribution in [3.05, 3.63) is 52.9 Å². The molecule has 0 aliphatic heterocycles. The van der Waals surface area contributed by atoms with Gasteiger partial charge in [-0.2, -0.15) is 0 Å². The van der Waals surface area contributed by atoms with Crippen molar-refractivity contribution in [2.75, 3.05) is 13.1 Å². The van der Waals surface area contributed by atoms with E-state index in [1.807, 2.05) is 13.8 Å². The molecule has 2 rings (SSSR count). The van der Waals surface area contributed by atoms with Crippen LogP contribution in [0.4, 0.5) is 0 Å². The van der Waals surface area contributed by atoms with Gasteiger partial charge in [0.1, 0.15) is 5.76 Å². The zero-order valence-corrected chi connectivity index (χ0v) is 12.8. The van der Waals surface area contributed by atoms with Gasteiger partial charge in [0.15, 0.2) is 0 Å². The van der Waals surface area contributed by atoms with Crippen LogP contribution in [0.2, 0.25) is 0 Å². The lowest BCUT2D eigenvalue weighted by Crippen LogP contribution is -2.25. The molecule has 2 unspecified atom stereocenters. The second-order valence-electron chi connectivity index (χ2n) is 5.61. The Morgan fingerprint density at radius 2 is 1.70 bits per heavy atom. The molecule has 0 radical (unpaired) electrons. The van der Waals surface area contributed by atoms with Crippen molar-refractivity contribution >= 4 is 0 Å². The predicted molar refractivity (Wildman–Crippen MR) is 82.1 cm³/mol. The molecule has 0 amide bonds. The van der Waals surface area contributed by atoms with Gasteiger partial charge in [0.2, 0.25) is 0 Å². The highest BCUT2D eigenvalue weighted by molar-refractivity contribution is 5.25. The Balaban J connectivity index is 1.84. The van der Waals surface area contributed by atoms with Crippen LogP contribution in [0.15, 0.2) is 34.9 Å². The lowest BCUT2D eigenvalue weighted by atomic mass is 9.98. The molecule has 2 aromatic rings. The first-order valence-corrected chi connectivity index (χ1v) is 7.28. The molecule has 0 fully saturated rings. The van der Waals surface area contributed by atoms with Crippen molar-refractivity contribution in [1.82, 2.24) is 10.5 Å². The normalized spacial score (nSPS) is 14.2. The maximum atomic E-state index is 5.24. The molecule has 0 saturated heterocycles. The fourth-order valence-electron chi connectivity index (χ4n) is 2.71. The summed E-state index contributed by atoms with van der Waals surface area (Å²) in [6.45, 7) is 10.4. The van der Waals surface area contributed by atoms with Crippen LogP contribution in [0, 0.1) is 13.8 Å².